The second kappa shape index (κ2) is 48.4. The van der Waals surface area contributed by atoms with Crippen molar-refractivity contribution < 1.29 is 92.0 Å². The van der Waals surface area contributed by atoms with E-state index in [1.807, 2.05) is 0 Å². The molecule has 0 rings (SSSR count). The number of primary amides is 3. The van der Waals surface area contributed by atoms with E-state index in [-0.39, 0.29) is 75.6 Å². The van der Waals surface area contributed by atoms with Crippen molar-refractivity contribution in [3.05, 3.63) is 0 Å². The van der Waals surface area contributed by atoms with Crippen molar-refractivity contribution in [1.82, 2.24) is 63.8 Å². The molecule has 0 aliphatic heterocycles. The first kappa shape index (κ1) is 90.7. The lowest BCUT2D eigenvalue weighted by Gasteiger charge is -2.30. The summed E-state index contributed by atoms with van der Waals surface area (Å²) in [5.74, 6) is -17.8. The Morgan fingerprint density at radius 3 is 1.22 bits per heavy atom. The maximum Gasteiger partial charge on any atom is 0.326 e. The highest BCUT2D eigenvalue weighted by Gasteiger charge is 2.38. The predicted octanol–water partition coefficient (Wildman–Crippen LogP) is -7.35. The minimum Gasteiger partial charge on any atom is -0.480 e. The molecule has 0 spiro atoms. The van der Waals surface area contributed by atoms with Gasteiger partial charge in [0.1, 0.15) is 72.5 Å². The van der Waals surface area contributed by atoms with Gasteiger partial charge in [0.2, 0.25) is 88.6 Å². The van der Waals surface area contributed by atoms with Gasteiger partial charge in [-0.2, -0.15) is 11.8 Å². The fraction of sp³-hybridized carbons (Fsp3) is 0.738. The van der Waals surface area contributed by atoms with Gasteiger partial charge in [-0.15, -0.1) is 0 Å². The molecule has 0 heterocycles. The monoisotopic (exact) mass is 1430 g/mol. The van der Waals surface area contributed by atoms with E-state index < -0.39 is 224 Å². The highest BCUT2D eigenvalue weighted by Crippen LogP contribution is 2.15. The van der Waals surface area contributed by atoms with Crippen LogP contribution in [0.2, 0.25) is 0 Å². The summed E-state index contributed by atoms with van der Waals surface area (Å²) in [4.78, 5) is 213. The van der Waals surface area contributed by atoms with E-state index >= 15 is 0 Å². The van der Waals surface area contributed by atoms with E-state index in [1.54, 1.807) is 61.6 Å². The van der Waals surface area contributed by atoms with Crippen LogP contribution in [0.1, 0.15) is 145 Å². The molecule has 38 heteroatoms. The van der Waals surface area contributed by atoms with Gasteiger partial charge in [-0.25, -0.2) is 4.79 Å². The summed E-state index contributed by atoms with van der Waals surface area (Å²) >= 11 is 1.30. The second-order valence-electron chi connectivity index (χ2n) is 25.2. The highest BCUT2D eigenvalue weighted by atomic mass is 32.2. The number of aliphatic carboxylic acids is 1. The number of amides is 15. The Kier molecular flexibility index (Phi) is 44.3. The molecule has 13 atom stereocenters. The first-order valence-corrected chi connectivity index (χ1v) is 34.4. The number of hydrogen-bond donors (Lipinski definition) is 21. The van der Waals surface area contributed by atoms with Gasteiger partial charge in [0, 0.05) is 6.42 Å². The van der Waals surface area contributed by atoms with E-state index in [0.29, 0.717) is 19.3 Å². The van der Waals surface area contributed by atoms with Crippen LogP contribution in [-0.4, -0.2) is 227 Å². The predicted molar refractivity (Wildman–Crippen MR) is 362 cm³/mol. The maximum atomic E-state index is 14.4. The first-order valence-electron chi connectivity index (χ1n) is 33.0. The smallest absolute Gasteiger partial charge is 0.326 e. The van der Waals surface area contributed by atoms with Gasteiger partial charge in [0.15, 0.2) is 0 Å². The molecule has 0 fully saturated rings. The lowest BCUT2D eigenvalue weighted by Crippen LogP contribution is -2.62. The number of rotatable bonds is 52. The summed E-state index contributed by atoms with van der Waals surface area (Å²) in [5, 5.41) is 58.4. The van der Waals surface area contributed by atoms with Crippen LogP contribution in [0.15, 0.2) is 0 Å². The second-order valence-corrected chi connectivity index (χ2v) is 26.2. The maximum absolute atomic E-state index is 14.4. The lowest BCUT2D eigenvalue weighted by atomic mass is 9.96. The summed E-state index contributed by atoms with van der Waals surface area (Å²) in [6.07, 6.45) is 0.521. The van der Waals surface area contributed by atoms with Crippen molar-refractivity contribution in [2.75, 3.05) is 44.9 Å². The van der Waals surface area contributed by atoms with Gasteiger partial charge in [-0.3, -0.25) is 71.9 Å². The first-order chi connectivity index (χ1) is 46.4. The summed E-state index contributed by atoms with van der Waals surface area (Å²) in [6, 6.07) is -18.0. The molecule has 0 unspecified atom stereocenters. The highest BCUT2D eigenvalue weighted by molar-refractivity contribution is 7.98. The molecule has 0 bridgehead atoms. The fourth-order valence-electron chi connectivity index (χ4n) is 9.52. The van der Waals surface area contributed by atoms with Crippen molar-refractivity contribution in [3.8, 4) is 0 Å². The normalized spacial score (nSPS) is 15.2. The topological polar surface area (TPSA) is 634 Å². The van der Waals surface area contributed by atoms with Crippen LogP contribution in [0.4, 0.5) is 0 Å². The Morgan fingerprint density at radius 2 is 0.798 bits per heavy atom. The summed E-state index contributed by atoms with van der Waals surface area (Å²) in [7, 11) is 0. The quantitative estimate of drug-likeness (QED) is 0.0252. The molecule has 27 N–H and O–H groups in total. The molecule has 564 valence electrons. The summed E-state index contributed by atoms with van der Waals surface area (Å²) < 4.78 is 0. The average molecular weight is 1430 g/mol. The number of carbonyl (C=O) groups excluding carboxylic acids is 15. The summed E-state index contributed by atoms with van der Waals surface area (Å²) in [6.45, 7) is 11.1. The SMILES string of the molecule is CC[C@H](C)[C@H](NC(=O)[C@H](CO)NC(=O)[C@@H](NC(=O)[C@@H](N)CO)C(C)C)C(=O)N[C@@H](CCC(N)=O)C(=O)N[C@@H](CC(C)C)C(=O)N[C@@H](CCSC)C(=O)N[C@@H](CC(C)C)C(=O)N[C@@H](CCCCN)C(=O)N[C@@H](CC(N)=O)C(=O)NCC(=O)N[C@@H](CC(N)=O)C(=O)N[C@@H](CCCCN)C(=O)O. The molecule has 0 saturated carbocycles. The van der Waals surface area contributed by atoms with E-state index in [0.717, 1.165) is 0 Å². The Hall–Kier alpha value is -8.33. The third-order valence-corrected chi connectivity index (χ3v) is 15.9. The third kappa shape index (κ3) is 36.4. The molecule has 0 aromatic carbocycles. The van der Waals surface area contributed by atoms with Gasteiger partial charge in [-0.1, -0.05) is 61.8 Å². The van der Waals surface area contributed by atoms with E-state index in [4.69, 9.17) is 34.4 Å². The Balaban J connectivity index is 6.88. The molecule has 0 aromatic heterocycles. The third-order valence-electron chi connectivity index (χ3n) is 15.3. The Labute approximate surface area is 580 Å². The molecular weight excluding hydrogens is 1320 g/mol. The number of nitrogens with two attached hydrogens (primary N) is 6. The van der Waals surface area contributed by atoms with Crippen LogP contribution in [-0.2, 0) is 76.7 Å². The number of carboxylic acids is 1. The van der Waals surface area contributed by atoms with Gasteiger partial charge in [0.25, 0.3) is 0 Å². The van der Waals surface area contributed by atoms with E-state index in [1.165, 1.54) is 11.8 Å². The number of carboxylic acid groups (broad SMARTS) is 1. The molecule has 15 amide bonds. The van der Waals surface area contributed by atoms with Gasteiger partial charge in [-0.05, 0) is 113 Å². The van der Waals surface area contributed by atoms with Crippen molar-refractivity contribution in [2.24, 2.45) is 58.1 Å². The number of unbranched alkanes of at least 4 members (excludes halogenated alkanes) is 2. The standard InChI is InChI=1S/C61H110N18O19S/c1-10-33(8)49(79-58(94)43(29-81)77-59(95)48(32(6)7)78-50(86)34(64)28-80)60(96)72-36(17-18-44(65)82)53(89)74-40(24-31(4)5)56(92)71-37(19-22-99-9)54(90)75-39(23-30(2)3)55(91)70-35(15-11-13-20-62)52(88)76-41(25-45(66)83)51(87)68-27-47(85)69-42(26-46(67)84)57(93)73-38(61(97)98)16-12-14-21-63/h30-43,48-49,80-81H,10-29,62-64H2,1-9H3,(H2,65,82)(H2,66,83)(H2,67,84)(H,68,87)(H,69,85)(H,70,91)(H,71,92)(H,72,96)(H,73,93)(H,74,89)(H,75,90)(H,76,88)(H,77,95)(H,78,86)(H,79,94)(H,97,98)/t33-,34-,35-,36-,37-,38-,39-,40-,41-,42-,43-,48-,49-/m0/s1. The zero-order valence-electron chi connectivity index (χ0n) is 58.1. The zero-order valence-corrected chi connectivity index (χ0v) is 58.9. The molecule has 0 saturated heterocycles. The molecule has 0 aromatic rings. The molecule has 37 nitrogen and oxygen atoms in total. The van der Waals surface area contributed by atoms with Crippen molar-refractivity contribution in [3.63, 3.8) is 0 Å². The Morgan fingerprint density at radius 1 is 0.414 bits per heavy atom. The number of aliphatic hydroxyl groups is 2. The molecule has 99 heavy (non-hydrogen) atoms. The van der Waals surface area contributed by atoms with Crippen LogP contribution in [0.3, 0.4) is 0 Å². The average Bonchev–Trinajstić information content (AvgIpc) is 0.860. The van der Waals surface area contributed by atoms with Crippen LogP contribution in [0.25, 0.3) is 0 Å². The lowest BCUT2D eigenvalue weighted by molar-refractivity contribution is -0.142. The van der Waals surface area contributed by atoms with Gasteiger partial charge in [0.05, 0.1) is 32.6 Å². The largest absolute Gasteiger partial charge is 0.480 e. The molecule has 0 aliphatic carbocycles. The number of aliphatic hydroxyl groups excluding tert-OH is 2. The van der Waals surface area contributed by atoms with Crippen LogP contribution in [0, 0.1) is 23.7 Å². The minimum atomic E-state index is -1.78. The Bertz CT molecular complexity index is 2710. The number of nitrogens with one attached hydrogen (secondary N) is 12. The molecular formula is C61H110N18O19S. The number of carbonyl (C=O) groups is 16. The number of thioether (sulfide) groups is 1. The molecule has 0 radical (unpaired) electrons. The van der Waals surface area contributed by atoms with Gasteiger partial charge < -0.3 is 114 Å². The van der Waals surface area contributed by atoms with Crippen LogP contribution in [0.5, 0.6) is 0 Å². The summed E-state index contributed by atoms with van der Waals surface area (Å²) in [5.41, 5.74) is 33.0. The van der Waals surface area contributed by atoms with E-state index in [2.05, 4.69) is 63.8 Å². The zero-order chi connectivity index (χ0) is 75.8. The fourth-order valence-corrected chi connectivity index (χ4v) is 9.99. The van der Waals surface area contributed by atoms with Gasteiger partial charge >= 0.3 is 5.97 Å². The van der Waals surface area contributed by atoms with Crippen LogP contribution < -0.4 is 98.2 Å². The number of hydrogen-bond acceptors (Lipinski definition) is 22. The van der Waals surface area contributed by atoms with Crippen molar-refractivity contribution >= 4 is 106 Å². The van der Waals surface area contributed by atoms with Crippen LogP contribution >= 0.6 is 11.8 Å². The minimum absolute atomic E-state index is 0.0340. The van der Waals surface area contributed by atoms with Crippen molar-refractivity contribution in [1.29, 1.82) is 0 Å². The van der Waals surface area contributed by atoms with Crippen molar-refractivity contribution in [2.45, 2.75) is 218 Å². The molecule has 0 aliphatic rings. The van der Waals surface area contributed by atoms with E-state index in [9.17, 15) is 92.0 Å².